The van der Waals surface area contributed by atoms with E-state index < -0.39 is 5.91 Å². The zero-order valence-electron chi connectivity index (χ0n) is 8.10. The Morgan fingerprint density at radius 2 is 2.36 bits per heavy atom. The summed E-state index contributed by atoms with van der Waals surface area (Å²) in [5.74, 6) is 0.0995. The summed E-state index contributed by atoms with van der Waals surface area (Å²) in [7, 11) is 1.82. The van der Waals surface area contributed by atoms with Crippen molar-refractivity contribution in [3.8, 4) is 0 Å². The summed E-state index contributed by atoms with van der Waals surface area (Å²) in [5.41, 5.74) is 11.0. The maximum Gasteiger partial charge on any atom is 0.252 e. The van der Waals surface area contributed by atoms with Crippen LogP contribution >= 0.6 is 0 Å². The van der Waals surface area contributed by atoms with Gasteiger partial charge in [-0.3, -0.25) is 4.79 Å². The second-order valence-electron chi connectivity index (χ2n) is 2.95. The molecule has 1 rings (SSSR count). The first-order chi connectivity index (χ1) is 6.66. The molecule has 0 aromatic carbocycles. The van der Waals surface area contributed by atoms with Gasteiger partial charge in [0.05, 0.1) is 5.56 Å². The fourth-order valence-electron chi connectivity index (χ4n) is 1.19. The number of amides is 1. The van der Waals surface area contributed by atoms with Crippen LogP contribution in [-0.4, -0.2) is 31.0 Å². The van der Waals surface area contributed by atoms with E-state index >= 15 is 0 Å². The molecule has 0 saturated heterocycles. The Morgan fingerprint density at radius 1 is 1.64 bits per heavy atom. The first kappa shape index (κ1) is 10.5. The molecule has 0 aliphatic carbocycles. The fraction of sp³-hybridized carbons (Fsp3) is 0.333. The summed E-state index contributed by atoms with van der Waals surface area (Å²) in [6, 6.07) is 3.33. The Hall–Kier alpha value is -1.62. The summed E-state index contributed by atoms with van der Waals surface area (Å²) in [6.07, 6.45) is 1.62. The SMILES string of the molecule is CN(CCN)c1ncccc1C(N)=O. The molecule has 5 heteroatoms. The van der Waals surface area contributed by atoms with Gasteiger partial charge in [0, 0.05) is 26.3 Å². The molecule has 5 nitrogen and oxygen atoms in total. The molecule has 4 N–H and O–H groups in total. The molecule has 1 amide bonds. The Kier molecular flexibility index (Phi) is 3.41. The van der Waals surface area contributed by atoms with Crippen LogP contribution < -0.4 is 16.4 Å². The number of hydrogen-bond acceptors (Lipinski definition) is 4. The summed E-state index contributed by atoms with van der Waals surface area (Å²) in [4.78, 5) is 16.9. The number of likely N-dealkylation sites (N-methyl/N-ethyl adjacent to an activating group) is 1. The zero-order valence-corrected chi connectivity index (χ0v) is 8.10. The van der Waals surface area contributed by atoms with Gasteiger partial charge in [0.25, 0.3) is 5.91 Å². The molecule has 0 saturated carbocycles. The van der Waals surface area contributed by atoms with Gasteiger partial charge in [-0.1, -0.05) is 0 Å². The summed E-state index contributed by atoms with van der Waals surface area (Å²) < 4.78 is 0. The molecule has 1 aromatic rings. The Balaban J connectivity index is 3.00. The van der Waals surface area contributed by atoms with E-state index in [0.29, 0.717) is 24.5 Å². The second-order valence-corrected chi connectivity index (χ2v) is 2.95. The van der Waals surface area contributed by atoms with Crippen molar-refractivity contribution < 1.29 is 4.79 Å². The average Bonchev–Trinajstić information content (AvgIpc) is 2.18. The lowest BCUT2D eigenvalue weighted by Crippen LogP contribution is -2.28. The van der Waals surface area contributed by atoms with Crippen molar-refractivity contribution in [2.24, 2.45) is 11.5 Å². The van der Waals surface area contributed by atoms with Crippen molar-refractivity contribution in [1.29, 1.82) is 0 Å². The van der Waals surface area contributed by atoms with Crippen LogP contribution in [0.5, 0.6) is 0 Å². The van der Waals surface area contributed by atoms with E-state index in [-0.39, 0.29) is 0 Å². The van der Waals surface area contributed by atoms with E-state index in [1.165, 1.54) is 0 Å². The van der Waals surface area contributed by atoms with Gasteiger partial charge in [-0.15, -0.1) is 0 Å². The number of aromatic nitrogens is 1. The van der Waals surface area contributed by atoms with Gasteiger partial charge in [0.2, 0.25) is 0 Å². The smallest absolute Gasteiger partial charge is 0.252 e. The zero-order chi connectivity index (χ0) is 10.6. The molecule has 0 fully saturated rings. The number of nitrogens with two attached hydrogens (primary N) is 2. The Morgan fingerprint density at radius 3 is 2.93 bits per heavy atom. The fourth-order valence-corrected chi connectivity index (χ4v) is 1.19. The number of rotatable bonds is 4. The van der Waals surface area contributed by atoms with Crippen molar-refractivity contribution >= 4 is 11.7 Å². The number of nitrogens with zero attached hydrogens (tertiary/aromatic N) is 2. The minimum absolute atomic E-state index is 0.420. The standard InChI is InChI=1S/C9H14N4O/c1-13(6-4-10)9-7(8(11)14)3-2-5-12-9/h2-3,5H,4,6,10H2,1H3,(H2,11,14). The highest BCUT2D eigenvalue weighted by Crippen LogP contribution is 2.14. The molecule has 76 valence electrons. The van der Waals surface area contributed by atoms with Crippen LogP contribution in [0.15, 0.2) is 18.3 Å². The quantitative estimate of drug-likeness (QED) is 0.681. The second kappa shape index (κ2) is 4.57. The van der Waals surface area contributed by atoms with Crippen LogP contribution in [0.3, 0.4) is 0 Å². The Bertz CT molecular complexity index is 326. The third-order valence-electron chi connectivity index (χ3n) is 1.88. The predicted octanol–water partition coefficient (Wildman–Crippen LogP) is -0.425. The molecule has 0 atom stereocenters. The maximum atomic E-state index is 11.1. The van der Waals surface area contributed by atoms with Crippen molar-refractivity contribution in [3.63, 3.8) is 0 Å². The van der Waals surface area contributed by atoms with Crippen LogP contribution in [0.1, 0.15) is 10.4 Å². The van der Waals surface area contributed by atoms with E-state index in [1.807, 2.05) is 7.05 Å². The van der Waals surface area contributed by atoms with Crippen LogP contribution in [-0.2, 0) is 0 Å². The van der Waals surface area contributed by atoms with Gasteiger partial charge >= 0.3 is 0 Å². The van der Waals surface area contributed by atoms with E-state index in [2.05, 4.69) is 4.98 Å². The van der Waals surface area contributed by atoms with E-state index in [0.717, 1.165) is 0 Å². The number of pyridine rings is 1. The van der Waals surface area contributed by atoms with Gasteiger partial charge in [-0.25, -0.2) is 4.98 Å². The van der Waals surface area contributed by atoms with Gasteiger partial charge in [0.1, 0.15) is 5.82 Å². The number of anilines is 1. The lowest BCUT2D eigenvalue weighted by molar-refractivity contribution is 0.100. The van der Waals surface area contributed by atoms with Gasteiger partial charge in [-0.2, -0.15) is 0 Å². The van der Waals surface area contributed by atoms with E-state index in [1.54, 1.807) is 23.2 Å². The number of carbonyl (C=O) groups is 1. The number of hydrogen-bond donors (Lipinski definition) is 2. The van der Waals surface area contributed by atoms with Crippen molar-refractivity contribution in [2.45, 2.75) is 0 Å². The number of carbonyl (C=O) groups excluding carboxylic acids is 1. The largest absolute Gasteiger partial charge is 0.365 e. The first-order valence-corrected chi connectivity index (χ1v) is 4.33. The summed E-state index contributed by atoms with van der Waals surface area (Å²) >= 11 is 0. The highest BCUT2D eigenvalue weighted by molar-refractivity contribution is 5.97. The molecule has 0 spiro atoms. The molecule has 0 aliphatic heterocycles. The average molecular weight is 194 g/mol. The van der Waals surface area contributed by atoms with Crippen molar-refractivity contribution in [3.05, 3.63) is 23.9 Å². The number of primary amides is 1. The van der Waals surface area contributed by atoms with E-state index in [9.17, 15) is 4.79 Å². The highest BCUT2D eigenvalue weighted by Gasteiger charge is 2.11. The third kappa shape index (κ3) is 2.20. The Labute approximate surface area is 82.7 Å². The molecule has 1 aromatic heterocycles. The van der Waals surface area contributed by atoms with Crippen molar-refractivity contribution in [1.82, 2.24) is 4.98 Å². The summed E-state index contributed by atoms with van der Waals surface area (Å²) in [6.45, 7) is 1.14. The molecule has 0 radical (unpaired) electrons. The highest BCUT2D eigenvalue weighted by atomic mass is 16.1. The van der Waals surface area contributed by atoms with Crippen LogP contribution in [0.25, 0.3) is 0 Å². The molecular weight excluding hydrogens is 180 g/mol. The molecule has 0 bridgehead atoms. The lowest BCUT2D eigenvalue weighted by atomic mass is 10.2. The summed E-state index contributed by atoms with van der Waals surface area (Å²) in [5, 5.41) is 0. The van der Waals surface area contributed by atoms with Crippen LogP contribution in [0.4, 0.5) is 5.82 Å². The van der Waals surface area contributed by atoms with Gasteiger partial charge in [0.15, 0.2) is 0 Å². The molecule has 0 aliphatic rings. The van der Waals surface area contributed by atoms with E-state index in [4.69, 9.17) is 11.5 Å². The minimum atomic E-state index is -0.475. The van der Waals surface area contributed by atoms with Crippen LogP contribution in [0.2, 0.25) is 0 Å². The molecular formula is C9H14N4O. The lowest BCUT2D eigenvalue weighted by Gasteiger charge is -2.18. The third-order valence-corrected chi connectivity index (χ3v) is 1.88. The first-order valence-electron chi connectivity index (χ1n) is 4.33. The van der Waals surface area contributed by atoms with Crippen LogP contribution in [0, 0.1) is 0 Å². The molecule has 1 heterocycles. The minimum Gasteiger partial charge on any atom is -0.365 e. The van der Waals surface area contributed by atoms with Gasteiger partial charge < -0.3 is 16.4 Å². The monoisotopic (exact) mass is 194 g/mol. The van der Waals surface area contributed by atoms with Crippen molar-refractivity contribution in [2.75, 3.05) is 25.0 Å². The van der Waals surface area contributed by atoms with Gasteiger partial charge in [-0.05, 0) is 12.1 Å². The molecule has 0 unspecified atom stereocenters. The molecule has 14 heavy (non-hydrogen) atoms. The predicted molar refractivity (Wildman–Crippen MR) is 55.1 cm³/mol. The normalized spacial score (nSPS) is 9.86. The topological polar surface area (TPSA) is 85.2 Å². The maximum absolute atomic E-state index is 11.1.